The van der Waals surface area contributed by atoms with E-state index in [-0.39, 0.29) is 23.1 Å². The second kappa shape index (κ2) is 10.5. The summed E-state index contributed by atoms with van der Waals surface area (Å²) in [6.45, 7) is 1.45. The summed E-state index contributed by atoms with van der Waals surface area (Å²) < 4.78 is 16.4. The van der Waals surface area contributed by atoms with Crippen LogP contribution in [0.4, 0.5) is 5.69 Å². The summed E-state index contributed by atoms with van der Waals surface area (Å²) in [5, 5.41) is 12.2. The number of carbonyl (C=O) groups excluding carboxylic acids is 1. The lowest BCUT2D eigenvalue weighted by molar-refractivity contribution is -0.385. The molecule has 32 heavy (non-hydrogen) atoms. The number of esters is 1. The minimum absolute atomic E-state index is 0.0447. The van der Waals surface area contributed by atoms with Crippen LogP contribution in [-0.2, 0) is 16.1 Å². The van der Waals surface area contributed by atoms with Crippen molar-refractivity contribution in [2.45, 2.75) is 19.6 Å². The van der Waals surface area contributed by atoms with Crippen LogP contribution in [0.1, 0.15) is 12.5 Å². The molecule has 0 aliphatic carbocycles. The lowest BCUT2D eigenvalue weighted by Gasteiger charge is -2.15. The number of nitro groups is 1. The normalized spacial score (nSPS) is 11.5. The number of ether oxygens (including phenoxy) is 3. The second-order valence-electron chi connectivity index (χ2n) is 6.51. The standard InChI is InChI=1S/C22H16Cl3NO6/c1-13(22(27)30-12-17-18(24)3-2-4-19(17)25)31-15-6-8-16(9-7-15)32-21-10-5-14(23)11-20(21)26(28)29/h2-11,13H,12H2,1H3. The first kappa shape index (κ1) is 23.7. The molecule has 0 saturated carbocycles. The van der Waals surface area contributed by atoms with Crippen LogP contribution >= 0.6 is 34.8 Å². The molecule has 0 amide bonds. The number of rotatable bonds is 8. The van der Waals surface area contributed by atoms with Crippen molar-refractivity contribution in [3.63, 3.8) is 0 Å². The molecule has 3 rings (SSSR count). The van der Waals surface area contributed by atoms with Gasteiger partial charge in [0.15, 0.2) is 6.10 Å². The number of halogens is 3. The molecule has 0 heterocycles. The maximum absolute atomic E-state index is 12.2. The maximum Gasteiger partial charge on any atom is 0.347 e. The Kier molecular flexibility index (Phi) is 7.80. The maximum atomic E-state index is 12.2. The van der Waals surface area contributed by atoms with Gasteiger partial charge in [0.1, 0.15) is 18.1 Å². The molecular formula is C22H16Cl3NO6. The molecule has 166 valence electrons. The molecule has 3 aromatic carbocycles. The van der Waals surface area contributed by atoms with Gasteiger partial charge in [-0.3, -0.25) is 10.1 Å². The predicted molar refractivity (Wildman–Crippen MR) is 121 cm³/mol. The molecule has 0 aliphatic heterocycles. The second-order valence-corrected chi connectivity index (χ2v) is 7.76. The molecule has 0 spiro atoms. The zero-order valence-corrected chi connectivity index (χ0v) is 18.9. The Bertz CT molecular complexity index is 1120. The number of nitrogens with zero attached hydrogens (tertiary/aromatic N) is 1. The minimum Gasteiger partial charge on any atom is -0.479 e. The predicted octanol–water partition coefficient (Wildman–Crippen LogP) is 6.86. The molecule has 0 N–H and O–H groups in total. The summed E-state index contributed by atoms with van der Waals surface area (Å²) in [5.74, 6) is 0.163. The van der Waals surface area contributed by atoms with Crippen LogP contribution < -0.4 is 9.47 Å². The molecular weight excluding hydrogens is 481 g/mol. The van der Waals surface area contributed by atoms with E-state index < -0.39 is 17.0 Å². The van der Waals surface area contributed by atoms with Crippen LogP contribution in [0.3, 0.4) is 0 Å². The first-order chi connectivity index (χ1) is 15.2. The van der Waals surface area contributed by atoms with E-state index in [0.29, 0.717) is 27.1 Å². The van der Waals surface area contributed by atoms with Crippen molar-refractivity contribution in [3.05, 3.63) is 91.4 Å². The van der Waals surface area contributed by atoms with Gasteiger partial charge in [-0.2, -0.15) is 0 Å². The van der Waals surface area contributed by atoms with Crippen LogP contribution in [0.15, 0.2) is 60.7 Å². The van der Waals surface area contributed by atoms with E-state index in [2.05, 4.69) is 0 Å². The van der Waals surface area contributed by atoms with Gasteiger partial charge < -0.3 is 14.2 Å². The highest BCUT2D eigenvalue weighted by Crippen LogP contribution is 2.34. The molecule has 0 fully saturated rings. The fraction of sp³-hybridized carbons (Fsp3) is 0.136. The number of hydrogen-bond donors (Lipinski definition) is 0. The fourth-order valence-corrected chi connectivity index (χ4v) is 3.29. The van der Waals surface area contributed by atoms with E-state index in [1.807, 2.05) is 0 Å². The topological polar surface area (TPSA) is 87.9 Å². The van der Waals surface area contributed by atoms with E-state index in [1.54, 1.807) is 42.5 Å². The first-order valence-electron chi connectivity index (χ1n) is 9.22. The Balaban J connectivity index is 1.59. The van der Waals surface area contributed by atoms with Gasteiger partial charge in [-0.15, -0.1) is 0 Å². The smallest absolute Gasteiger partial charge is 0.347 e. The third-order valence-corrected chi connectivity index (χ3v) is 5.18. The summed E-state index contributed by atoms with van der Waals surface area (Å²) in [6, 6.07) is 15.3. The monoisotopic (exact) mass is 495 g/mol. The molecule has 0 bridgehead atoms. The van der Waals surface area contributed by atoms with Gasteiger partial charge in [0.25, 0.3) is 0 Å². The molecule has 1 unspecified atom stereocenters. The van der Waals surface area contributed by atoms with Gasteiger partial charge in [-0.05, 0) is 55.5 Å². The molecule has 7 nitrogen and oxygen atoms in total. The largest absolute Gasteiger partial charge is 0.479 e. The molecule has 0 radical (unpaired) electrons. The first-order valence-corrected chi connectivity index (χ1v) is 10.4. The van der Waals surface area contributed by atoms with E-state index in [1.165, 1.54) is 25.1 Å². The third-order valence-electron chi connectivity index (χ3n) is 4.23. The van der Waals surface area contributed by atoms with Gasteiger partial charge in [0.05, 0.1) is 4.92 Å². The van der Waals surface area contributed by atoms with Crippen molar-refractivity contribution in [2.75, 3.05) is 0 Å². The van der Waals surface area contributed by atoms with Gasteiger partial charge >= 0.3 is 11.7 Å². The zero-order valence-electron chi connectivity index (χ0n) is 16.6. The van der Waals surface area contributed by atoms with E-state index in [9.17, 15) is 14.9 Å². The summed E-state index contributed by atoms with van der Waals surface area (Å²) in [7, 11) is 0. The van der Waals surface area contributed by atoms with Crippen molar-refractivity contribution in [2.24, 2.45) is 0 Å². The summed E-state index contributed by atoms with van der Waals surface area (Å²) in [6.07, 6.45) is -0.902. The SMILES string of the molecule is CC(Oc1ccc(Oc2ccc(Cl)cc2[N+](=O)[O-])cc1)C(=O)OCc1c(Cl)cccc1Cl. The summed E-state index contributed by atoms with van der Waals surface area (Å²) >= 11 is 17.9. The quantitative estimate of drug-likeness (QED) is 0.192. The van der Waals surface area contributed by atoms with E-state index in [4.69, 9.17) is 49.0 Å². The lowest BCUT2D eigenvalue weighted by Crippen LogP contribution is -2.26. The highest BCUT2D eigenvalue weighted by molar-refractivity contribution is 6.36. The van der Waals surface area contributed by atoms with Gasteiger partial charge in [0, 0.05) is 26.7 Å². The average molecular weight is 497 g/mol. The molecule has 1 atom stereocenters. The lowest BCUT2D eigenvalue weighted by atomic mass is 10.2. The van der Waals surface area contributed by atoms with Crippen molar-refractivity contribution < 1.29 is 23.9 Å². The highest BCUT2D eigenvalue weighted by Gasteiger charge is 2.19. The van der Waals surface area contributed by atoms with Crippen LogP contribution in [0, 0.1) is 10.1 Å². The van der Waals surface area contributed by atoms with Crippen LogP contribution in [0.5, 0.6) is 17.2 Å². The van der Waals surface area contributed by atoms with E-state index >= 15 is 0 Å². The molecule has 10 heteroatoms. The average Bonchev–Trinajstić information content (AvgIpc) is 2.75. The Morgan fingerprint density at radius 1 is 1.00 bits per heavy atom. The van der Waals surface area contributed by atoms with Crippen molar-refractivity contribution >= 4 is 46.5 Å². The Labute approximate surface area is 198 Å². The van der Waals surface area contributed by atoms with Crippen LogP contribution in [0.2, 0.25) is 15.1 Å². The molecule has 0 aromatic heterocycles. The highest BCUT2D eigenvalue weighted by atomic mass is 35.5. The number of benzene rings is 3. The van der Waals surface area contributed by atoms with E-state index in [0.717, 1.165) is 0 Å². The Hall–Kier alpha value is -3.00. The number of carbonyl (C=O) groups is 1. The zero-order chi connectivity index (χ0) is 23.3. The molecule has 0 aliphatic rings. The Morgan fingerprint density at radius 3 is 2.25 bits per heavy atom. The molecule has 3 aromatic rings. The fourth-order valence-electron chi connectivity index (χ4n) is 2.62. The van der Waals surface area contributed by atoms with Crippen molar-refractivity contribution in [1.29, 1.82) is 0 Å². The van der Waals surface area contributed by atoms with Crippen molar-refractivity contribution in [1.82, 2.24) is 0 Å². The summed E-state index contributed by atoms with van der Waals surface area (Å²) in [5.41, 5.74) is 0.252. The van der Waals surface area contributed by atoms with Crippen molar-refractivity contribution in [3.8, 4) is 17.2 Å². The summed E-state index contributed by atoms with van der Waals surface area (Å²) in [4.78, 5) is 22.8. The molecule has 0 saturated heterocycles. The number of hydrogen-bond acceptors (Lipinski definition) is 6. The van der Waals surface area contributed by atoms with Gasteiger partial charge in [-0.25, -0.2) is 4.79 Å². The van der Waals surface area contributed by atoms with Gasteiger partial charge in [-0.1, -0.05) is 40.9 Å². The third kappa shape index (κ3) is 6.03. The van der Waals surface area contributed by atoms with Crippen LogP contribution in [0.25, 0.3) is 0 Å². The van der Waals surface area contributed by atoms with Gasteiger partial charge in [0.2, 0.25) is 5.75 Å². The van der Waals surface area contributed by atoms with Crippen LogP contribution in [-0.4, -0.2) is 17.0 Å². The minimum atomic E-state index is -0.902. The number of nitro benzene ring substituents is 1. The Morgan fingerprint density at radius 2 is 1.62 bits per heavy atom.